The molecule has 1 unspecified atom stereocenters. The van der Waals surface area contributed by atoms with E-state index in [-0.39, 0.29) is 0 Å². The molecule has 3 rings (SSSR count). The highest BCUT2D eigenvalue weighted by Gasteiger charge is 2.20. The van der Waals surface area contributed by atoms with E-state index in [1.807, 2.05) is 6.92 Å². The second-order valence-corrected chi connectivity index (χ2v) is 4.74. The van der Waals surface area contributed by atoms with Gasteiger partial charge in [-0.25, -0.2) is 4.98 Å². The van der Waals surface area contributed by atoms with Crippen molar-refractivity contribution in [1.29, 1.82) is 0 Å². The van der Waals surface area contributed by atoms with Crippen LogP contribution < -0.4 is 10.2 Å². The number of aryl methyl sites for hydroxylation is 1. The van der Waals surface area contributed by atoms with Gasteiger partial charge in [0.15, 0.2) is 0 Å². The van der Waals surface area contributed by atoms with Crippen molar-refractivity contribution in [2.24, 2.45) is 0 Å². The number of imidazole rings is 1. The summed E-state index contributed by atoms with van der Waals surface area (Å²) < 4.78 is 0. The molecule has 2 aromatic rings. The minimum Gasteiger partial charge on any atom is -0.364 e. The lowest BCUT2D eigenvalue weighted by atomic mass is 10.1. The van der Waals surface area contributed by atoms with E-state index < -0.39 is 0 Å². The molecule has 2 N–H and O–H groups in total. The third kappa shape index (κ3) is 1.78. The third-order valence-corrected chi connectivity index (χ3v) is 3.42. The molecule has 0 radical (unpaired) electrons. The van der Waals surface area contributed by atoms with Gasteiger partial charge >= 0.3 is 0 Å². The number of nitrogens with one attached hydrogen (secondary N) is 2. The summed E-state index contributed by atoms with van der Waals surface area (Å²) in [6.07, 6.45) is 0. The fourth-order valence-electron chi connectivity index (χ4n) is 2.57. The van der Waals surface area contributed by atoms with Gasteiger partial charge in [-0.1, -0.05) is 6.07 Å². The van der Waals surface area contributed by atoms with Gasteiger partial charge in [0.2, 0.25) is 0 Å². The average molecular weight is 230 g/mol. The van der Waals surface area contributed by atoms with Crippen LogP contribution in [0.4, 0.5) is 5.69 Å². The van der Waals surface area contributed by atoms with Crippen LogP contribution in [0.2, 0.25) is 0 Å². The largest absolute Gasteiger partial charge is 0.364 e. The van der Waals surface area contributed by atoms with Crippen LogP contribution in [0.1, 0.15) is 12.7 Å². The predicted octanol–water partition coefficient (Wildman–Crippen LogP) is 1.67. The Hall–Kier alpha value is -1.55. The summed E-state index contributed by atoms with van der Waals surface area (Å²) in [5.41, 5.74) is 3.48. The highest BCUT2D eigenvalue weighted by atomic mass is 15.2. The Bertz CT molecular complexity index is 531. The van der Waals surface area contributed by atoms with E-state index in [2.05, 4.69) is 45.3 Å². The quantitative estimate of drug-likeness (QED) is 0.783. The summed E-state index contributed by atoms with van der Waals surface area (Å²) in [5, 5.41) is 3.42. The molecule has 1 fully saturated rings. The fraction of sp³-hybridized carbons (Fsp3) is 0.462. The molecule has 1 aromatic heterocycles. The number of anilines is 1. The highest BCUT2D eigenvalue weighted by Crippen LogP contribution is 2.26. The zero-order valence-electron chi connectivity index (χ0n) is 10.3. The van der Waals surface area contributed by atoms with Gasteiger partial charge in [0.25, 0.3) is 0 Å². The van der Waals surface area contributed by atoms with Crippen LogP contribution in [0.15, 0.2) is 18.2 Å². The summed E-state index contributed by atoms with van der Waals surface area (Å²) in [4.78, 5) is 10.3. The maximum atomic E-state index is 4.61. The first-order valence-electron chi connectivity index (χ1n) is 6.18. The predicted molar refractivity (Wildman–Crippen MR) is 70.5 cm³/mol. The number of para-hydroxylation sites is 1. The van der Waals surface area contributed by atoms with E-state index in [0.717, 1.165) is 36.5 Å². The zero-order valence-corrected chi connectivity index (χ0v) is 10.3. The second kappa shape index (κ2) is 4.04. The molecule has 0 bridgehead atoms. The zero-order chi connectivity index (χ0) is 11.8. The molecular formula is C13H18N4. The van der Waals surface area contributed by atoms with Gasteiger partial charge < -0.3 is 15.2 Å². The van der Waals surface area contributed by atoms with Crippen molar-refractivity contribution < 1.29 is 0 Å². The van der Waals surface area contributed by atoms with Crippen LogP contribution in [0.3, 0.4) is 0 Å². The SMILES string of the molecule is Cc1nc2c(N3CCNCC3C)cccc2[nH]1. The summed E-state index contributed by atoms with van der Waals surface area (Å²) in [6, 6.07) is 6.88. The molecule has 4 nitrogen and oxygen atoms in total. The number of nitrogens with zero attached hydrogens (tertiary/aromatic N) is 2. The Morgan fingerprint density at radius 1 is 1.41 bits per heavy atom. The maximum absolute atomic E-state index is 4.61. The molecule has 1 aliphatic rings. The van der Waals surface area contributed by atoms with Crippen molar-refractivity contribution in [2.45, 2.75) is 19.9 Å². The molecular weight excluding hydrogens is 212 g/mol. The van der Waals surface area contributed by atoms with E-state index in [0.29, 0.717) is 6.04 Å². The summed E-state index contributed by atoms with van der Waals surface area (Å²) in [6.45, 7) is 7.39. The Labute approximate surface area is 101 Å². The van der Waals surface area contributed by atoms with Crippen LogP contribution in [0.25, 0.3) is 11.0 Å². The van der Waals surface area contributed by atoms with E-state index in [1.165, 1.54) is 5.69 Å². The van der Waals surface area contributed by atoms with E-state index in [9.17, 15) is 0 Å². The molecule has 4 heteroatoms. The first-order chi connectivity index (χ1) is 8.25. The van der Waals surface area contributed by atoms with Crippen molar-refractivity contribution in [3.8, 4) is 0 Å². The molecule has 0 saturated carbocycles. The molecule has 0 spiro atoms. The number of hydrogen-bond acceptors (Lipinski definition) is 3. The number of aromatic nitrogens is 2. The minimum absolute atomic E-state index is 0.520. The fourth-order valence-corrected chi connectivity index (χ4v) is 2.57. The standard InChI is InChI=1S/C13H18N4/c1-9-8-14-6-7-17(9)12-5-3-4-11-13(12)16-10(2)15-11/h3-5,9,14H,6-8H2,1-2H3,(H,15,16). The van der Waals surface area contributed by atoms with Gasteiger partial charge in [0.05, 0.1) is 11.2 Å². The summed E-state index contributed by atoms with van der Waals surface area (Å²) in [5.74, 6) is 0.982. The lowest BCUT2D eigenvalue weighted by Crippen LogP contribution is -2.50. The lowest BCUT2D eigenvalue weighted by Gasteiger charge is -2.35. The summed E-state index contributed by atoms with van der Waals surface area (Å²) in [7, 11) is 0. The van der Waals surface area contributed by atoms with Gasteiger partial charge in [-0.05, 0) is 26.0 Å². The molecule has 1 atom stereocenters. The van der Waals surface area contributed by atoms with Crippen LogP contribution in [0, 0.1) is 6.92 Å². The van der Waals surface area contributed by atoms with Crippen LogP contribution >= 0.6 is 0 Å². The smallest absolute Gasteiger partial charge is 0.112 e. The molecule has 1 aromatic carbocycles. The van der Waals surface area contributed by atoms with Crippen molar-refractivity contribution in [3.63, 3.8) is 0 Å². The van der Waals surface area contributed by atoms with Gasteiger partial charge in [0.1, 0.15) is 11.3 Å². The Kier molecular flexibility index (Phi) is 2.52. The number of aromatic amines is 1. The minimum atomic E-state index is 0.520. The second-order valence-electron chi connectivity index (χ2n) is 4.74. The number of hydrogen-bond donors (Lipinski definition) is 2. The van der Waals surface area contributed by atoms with Crippen LogP contribution in [-0.4, -0.2) is 35.6 Å². The Balaban J connectivity index is 2.09. The molecule has 2 heterocycles. The van der Waals surface area contributed by atoms with Crippen molar-refractivity contribution >= 4 is 16.7 Å². The monoisotopic (exact) mass is 230 g/mol. The molecule has 0 aliphatic carbocycles. The molecule has 17 heavy (non-hydrogen) atoms. The van der Waals surface area contributed by atoms with Crippen LogP contribution in [-0.2, 0) is 0 Å². The van der Waals surface area contributed by atoms with Crippen molar-refractivity contribution in [2.75, 3.05) is 24.5 Å². The normalized spacial score (nSPS) is 21.1. The number of H-pyrrole nitrogens is 1. The van der Waals surface area contributed by atoms with Gasteiger partial charge in [-0.2, -0.15) is 0 Å². The first kappa shape index (κ1) is 10.6. The summed E-state index contributed by atoms with van der Waals surface area (Å²) >= 11 is 0. The van der Waals surface area contributed by atoms with Crippen molar-refractivity contribution in [3.05, 3.63) is 24.0 Å². The van der Waals surface area contributed by atoms with Crippen LogP contribution in [0.5, 0.6) is 0 Å². The number of benzene rings is 1. The Morgan fingerprint density at radius 2 is 2.29 bits per heavy atom. The number of rotatable bonds is 1. The van der Waals surface area contributed by atoms with Gasteiger partial charge in [-0.3, -0.25) is 0 Å². The number of fused-ring (bicyclic) bond motifs is 1. The van der Waals surface area contributed by atoms with E-state index in [1.54, 1.807) is 0 Å². The maximum Gasteiger partial charge on any atom is 0.112 e. The average Bonchev–Trinajstić information content (AvgIpc) is 2.70. The molecule has 0 amide bonds. The number of piperazine rings is 1. The molecule has 90 valence electrons. The highest BCUT2D eigenvalue weighted by molar-refractivity contribution is 5.89. The molecule has 1 saturated heterocycles. The van der Waals surface area contributed by atoms with Gasteiger partial charge in [0, 0.05) is 25.7 Å². The third-order valence-electron chi connectivity index (χ3n) is 3.42. The van der Waals surface area contributed by atoms with E-state index in [4.69, 9.17) is 0 Å². The van der Waals surface area contributed by atoms with Crippen molar-refractivity contribution in [1.82, 2.24) is 15.3 Å². The Morgan fingerprint density at radius 3 is 3.12 bits per heavy atom. The van der Waals surface area contributed by atoms with E-state index >= 15 is 0 Å². The topological polar surface area (TPSA) is 44.0 Å². The molecule has 1 aliphatic heterocycles. The first-order valence-corrected chi connectivity index (χ1v) is 6.18. The lowest BCUT2D eigenvalue weighted by molar-refractivity contribution is 0.501. The van der Waals surface area contributed by atoms with Gasteiger partial charge in [-0.15, -0.1) is 0 Å².